The Morgan fingerprint density at radius 2 is 1.42 bits per heavy atom. The zero-order valence-electron chi connectivity index (χ0n) is 18.7. The van der Waals surface area contributed by atoms with Crippen molar-refractivity contribution in [1.29, 1.82) is 0 Å². The zero-order chi connectivity index (χ0) is 22.6. The molecule has 1 aromatic carbocycles. The molecule has 0 unspecified atom stereocenters. The van der Waals surface area contributed by atoms with Crippen molar-refractivity contribution in [3.63, 3.8) is 0 Å². The Hall–Kier alpha value is -2.23. The first kappa shape index (κ1) is 23.9. The highest BCUT2D eigenvalue weighted by atomic mass is 32.2. The first-order chi connectivity index (χ1) is 16.3. The summed E-state index contributed by atoms with van der Waals surface area (Å²) in [6, 6.07) is 10.5. The molecular weight excluding hydrogens is 469 g/mol. The van der Waals surface area contributed by atoms with E-state index < -0.39 is 0 Å². The standard InChI is InChI=1S/C24H30N6S3/c1-3-7-19(8-4-1)11-15-25-23-29-27-21(32-23)13-17-31-18-14-22-28-30-24(33-22)26-16-12-20-9-5-2-6-10-20/h1,3-5,7-10H,2,6,11-18H2,(H,25,29)(H,26,30). The molecule has 0 aliphatic heterocycles. The van der Waals surface area contributed by atoms with E-state index in [0.717, 1.165) is 70.6 Å². The van der Waals surface area contributed by atoms with Crippen LogP contribution in [0.1, 0.15) is 34.8 Å². The number of hydrogen-bond donors (Lipinski definition) is 2. The van der Waals surface area contributed by atoms with E-state index in [0.29, 0.717) is 0 Å². The van der Waals surface area contributed by atoms with Crippen LogP contribution in [-0.4, -0.2) is 45.0 Å². The number of aryl methyl sites for hydroxylation is 2. The number of hydrogen-bond acceptors (Lipinski definition) is 9. The molecule has 174 valence electrons. The van der Waals surface area contributed by atoms with E-state index in [4.69, 9.17) is 0 Å². The highest BCUT2D eigenvalue weighted by molar-refractivity contribution is 7.99. The molecule has 0 bridgehead atoms. The van der Waals surface area contributed by atoms with E-state index in [2.05, 4.69) is 73.5 Å². The van der Waals surface area contributed by atoms with Crippen LogP contribution in [0.15, 0.2) is 54.1 Å². The van der Waals surface area contributed by atoms with Crippen LogP contribution in [0.5, 0.6) is 0 Å². The topological polar surface area (TPSA) is 75.6 Å². The van der Waals surface area contributed by atoms with Gasteiger partial charge >= 0.3 is 0 Å². The summed E-state index contributed by atoms with van der Waals surface area (Å²) in [5.74, 6) is 2.10. The van der Waals surface area contributed by atoms with Gasteiger partial charge in [0.15, 0.2) is 0 Å². The Labute approximate surface area is 208 Å². The molecule has 0 atom stereocenters. The van der Waals surface area contributed by atoms with Gasteiger partial charge in [-0.2, -0.15) is 11.8 Å². The average molecular weight is 499 g/mol. The Morgan fingerprint density at radius 1 is 0.758 bits per heavy atom. The van der Waals surface area contributed by atoms with Gasteiger partial charge in [0.1, 0.15) is 10.0 Å². The molecule has 4 rings (SSSR count). The number of benzene rings is 1. The van der Waals surface area contributed by atoms with Crippen LogP contribution in [-0.2, 0) is 19.3 Å². The molecule has 33 heavy (non-hydrogen) atoms. The number of thioether (sulfide) groups is 1. The normalized spacial score (nSPS) is 13.2. The number of anilines is 2. The Kier molecular flexibility index (Phi) is 9.76. The van der Waals surface area contributed by atoms with Gasteiger partial charge in [-0.15, -0.1) is 20.4 Å². The van der Waals surface area contributed by atoms with Crippen molar-refractivity contribution in [2.45, 2.75) is 38.5 Å². The van der Waals surface area contributed by atoms with E-state index in [1.54, 1.807) is 22.7 Å². The van der Waals surface area contributed by atoms with Crippen molar-refractivity contribution in [3.05, 3.63) is 69.7 Å². The largest absolute Gasteiger partial charge is 0.360 e. The number of nitrogens with zero attached hydrogens (tertiary/aromatic N) is 4. The molecule has 6 nitrogen and oxygen atoms in total. The van der Waals surface area contributed by atoms with Crippen LogP contribution < -0.4 is 10.6 Å². The maximum atomic E-state index is 4.33. The molecule has 0 saturated heterocycles. The smallest absolute Gasteiger partial charge is 0.205 e. The van der Waals surface area contributed by atoms with Gasteiger partial charge in [0.05, 0.1) is 0 Å². The van der Waals surface area contributed by atoms with Gasteiger partial charge in [-0.05, 0) is 42.8 Å². The fourth-order valence-corrected chi connectivity index (χ4v) is 6.07. The maximum Gasteiger partial charge on any atom is 0.205 e. The minimum absolute atomic E-state index is 0.876. The highest BCUT2D eigenvalue weighted by Crippen LogP contribution is 2.20. The minimum Gasteiger partial charge on any atom is -0.360 e. The van der Waals surface area contributed by atoms with Gasteiger partial charge in [-0.25, -0.2) is 0 Å². The summed E-state index contributed by atoms with van der Waals surface area (Å²) in [6.45, 7) is 1.78. The summed E-state index contributed by atoms with van der Waals surface area (Å²) < 4.78 is 0. The summed E-state index contributed by atoms with van der Waals surface area (Å²) in [6.07, 6.45) is 13.1. The second kappa shape index (κ2) is 13.5. The third kappa shape index (κ3) is 8.57. The first-order valence-corrected chi connectivity index (χ1v) is 14.2. The highest BCUT2D eigenvalue weighted by Gasteiger charge is 2.06. The van der Waals surface area contributed by atoms with Gasteiger partial charge in [0.25, 0.3) is 0 Å². The lowest BCUT2D eigenvalue weighted by molar-refractivity contribution is 0.940. The molecule has 0 amide bonds. The van der Waals surface area contributed by atoms with Crippen molar-refractivity contribution in [3.8, 4) is 0 Å². The molecule has 0 fully saturated rings. The predicted molar refractivity (Wildman–Crippen MR) is 143 cm³/mol. The molecule has 0 radical (unpaired) electrons. The second-order valence-electron chi connectivity index (χ2n) is 7.71. The van der Waals surface area contributed by atoms with Gasteiger partial charge in [-0.1, -0.05) is 76.8 Å². The number of allylic oxidation sites excluding steroid dienone is 3. The van der Waals surface area contributed by atoms with Crippen LogP contribution in [0.3, 0.4) is 0 Å². The van der Waals surface area contributed by atoms with Crippen LogP contribution in [0.4, 0.5) is 10.3 Å². The van der Waals surface area contributed by atoms with Crippen LogP contribution in [0.25, 0.3) is 0 Å². The lowest BCUT2D eigenvalue weighted by atomic mass is 10.0. The summed E-state index contributed by atoms with van der Waals surface area (Å²) in [4.78, 5) is 0. The Bertz CT molecular complexity index is 1030. The van der Waals surface area contributed by atoms with E-state index in [9.17, 15) is 0 Å². The lowest BCUT2D eigenvalue weighted by Crippen LogP contribution is -2.04. The third-order valence-corrected chi connectivity index (χ3v) is 8.02. The molecule has 1 aliphatic rings. The van der Waals surface area contributed by atoms with Crippen molar-refractivity contribution < 1.29 is 0 Å². The van der Waals surface area contributed by atoms with Crippen LogP contribution >= 0.6 is 34.4 Å². The third-order valence-electron chi connectivity index (χ3n) is 5.15. The van der Waals surface area contributed by atoms with Gasteiger partial charge < -0.3 is 10.6 Å². The fourth-order valence-electron chi connectivity index (χ4n) is 3.40. The molecule has 0 spiro atoms. The van der Waals surface area contributed by atoms with Gasteiger partial charge in [0.2, 0.25) is 10.3 Å². The summed E-state index contributed by atoms with van der Waals surface area (Å²) in [5, 5.41) is 28.0. The lowest BCUT2D eigenvalue weighted by Gasteiger charge is -2.06. The molecule has 2 heterocycles. The first-order valence-electron chi connectivity index (χ1n) is 11.4. The maximum absolute atomic E-state index is 4.33. The Morgan fingerprint density at radius 3 is 2.06 bits per heavy atom. The predicted octanol–water partition coefficient (Wildman–Crippen LogP) is 5.64. The summed E-state index contributed by atoms with van der Waals surface area (Å²) >= 11 is 5.27. The average Bonchev–Trinajstić information content (AvgIpc) is 3.50. The quantitative estimate of drug-likeness (QED) is 0.279. The van der Waals surface area contributed by atoms with Crippen LogP contribution in [0, 0.1) is 0 Å². The van der Waals surface area contributed by atoms with Crippen molar-refractivity contribution in [1.82, 2.24) is 20.4 Å². The summed E-state index contributed by atoms with van der Waals surface area (Å²) in [7, 11) is 0. The van der Waals surface area contributed by atoms with Gasteiger partial charge in [0, 0.05) is 25.9 Å². The van der Waals surface area contributed by atoms with E-state index in [-0.39, 0.29) is 0 Å². The molecule has 0 saturated carbocycles. The van der Waals surface area contributed by atoms with Crippen molar-refractivity contribution in [2.75, 3.05) is 35.2 Å². The zero-order valence-corrected chi connectivity index (χ0v) is 21.2. The summed E-state index contributed by atoms with van der Waals surface area (Å²) in [5.41, 5.74) is 2.75. The number of nitrogens with one attached hydrogen (secondary N) is 2. The fraction of sp³-hybridized carbons (Fsp3) is 0.417. The molecule has 1 aliphatic carbocycles. The van der Waals surface area contributed by atoms with Gasteiger partial charge in [-0.3, -0.25) is 0 Å². The SMILES string of the molecule is C1=CC(CCNc2nnc(CCSCCc3nnc(NCCc4ccccc4)s3)s2)=CCC1. The molecule has 2 aromatic heterocycles. The molecule has 2 N–H and O–H groups in total. The van der Waals surface area contributed by atoms with E-state index in [1.807, 2.05) is 17.8 Å². The van der Waals surface area contributed by atoms with E-state index in [1.165, 1.54) is 24.0 Å². The van der Waals surface area contributed by atoms with Crippen LogP contribution in [0.2, 0.25) is 0 Å². The Balaban J connectivity index is 1.06. The van der Waals surface area contributed by atoms with E-state index >= 15 is 0 Å². The minimum atomic E-state index is 0.876. The molecule has 9 heteroatoms. The second-order valence-corrected chi connectivity index (χ2v) is 11.1. The number of rotatable bonds is 14. The molecule has 3 aromatic rings. The molecular formula is C24H30N6S3. The van der Waals surface area contributed by atoms with Crippen molar-refractivity contribution in [2.24, 2.45) is 0 Å². The number of aromatic nitrogens is 4. The monoisotopic (exact) mass is 498 g/mol. The van der Waals surface area contributed by atoms with Crippen molar-refractivity contribution >= 4 is 44.7 Å².